The standard InChI is InChI=1S/C31H34N2O12/c1-42-26-15-18(5-11-24(26)44-30(40)22(32)9-13-28(36)37)3-7-20(34)17-21(35)8-4-19-6-12-25(27(16-19)43-2)45-31(41)23(33)10-14-29(38)39/h3-8,11-12,15-16,22-23H,9-10,13-14,17,32-33H2,1-2H3,(H,36,37)(H,38,39)/b7-3+,8-4+/t22-,23-/m0/s1. The van der Waals surface area contributed by atoms with Crippen LogP contribution in [0.15, 0.2) is 48.6 Å². The summed E-state index contributed by atoms with van der Waals surface area (Å²) in [6.45, 7) is 0. The Kier molecular flexibility index (Phi) is 14.1. The molecule has 2 aromatic carbocycles. The molecule has 14 nitrogen and oxygen atoms in total. The summed E-state index contributed by atoms with van der Waals surface area (Å²) in [7, 11) is 2.69. The fourth-order valence-corrected chi connectivity index (χ4v) is 3.57. The second-order valence-corrected chi connectivity index (χ2v) is 9.52. The number of nitrogens with two attached hydrogens (primary N) is 2. The van der Waals surface area contributed by atoms with Crippen molar-refractivity contribution in [1.82, 2.24) is 0 Å². The van der Waals surface area contributed by atoms with Crippen LogP contribution in [0.4, 0.5) is 0 Å². The molecule has 0 aliphatic heterocycles. The molecule has 2 atom stereocenters. The van der Waals surface area contributed by atoms with E-state index in [-0.39, 0.29) is 48.7 Å². The molecule has 0 aromatic heterocycles. The van der Waals surface area contributed by atoms with Crippen LogP contribution in [0, 0.1) is 0 Å². The number of ketones is 2. The zero-order valence-corrected chi connectivity index (χ0v) is 24.6. The van der Waals surface area contributed by atoms with Crippen LogP contribution in [0.25, 0.3) is 12.2 Å². The molecule has 0 heterocycles. The molecular formula is C31H34N2O12. The number of carbonyl (C=O) groups is 6. The molecule has 240 valence electrons. The van der Waals surface area contributed by atoms with Crippen LogP contribution in [0.2, 0.25) is 0 Å². The Hall–Kier alpha value is -5.34. The fraction of sp³-hybridized carbons (Fsp3) is 0.290. The second-order valence-electron chi connectivity index (χ2n) is 9.52. The van der Waals surface area contributed by atoms with Crippen LogP contribution in [-0.2, 0) is 28.8 Å². The van der Waals surface area contributed by atoms with Crippen molar-refractivity contribution in [2.75, 3.05) is 14.2 Å². The Morgan fingerprint density at radius 1 is 0.667 bits per heavy atom. The van der Waals surface area contributed by atoms with E-state index in [0.29, 0.717) is 11.1 Å². The van der Waals surface area contributed by atoms with Crippen molar-refractivity contribution in [3.8, 4) is 23.0 Å². The maximum Gasteiger partial charge on any atom is 0.328 e. The number of carboxylic acid groups (broad SMARTS) is 2. The van der Waals surface area contributed by atoms with E-state index in [4.69, 9.17) is 40.6 Å². The number of rotatable bonds is 18. The van der Waals surface area contributed by atoms with Gasteiger partial charge < -0.3 is 40.6 Å². The molecule has 14 heteroatoms. The van der Waals surface area contributed by atoms with Gasteiger partial charge in [-0.25, -0.2) is 9.59 Å². The molecule has 0 saturated heterocycles. The highest BCUT2D eigenvalue weighted by Gasteiger charge is 2.20. The number of hydrogen-bond acceptors (Lipinski definition) is 12. The first-order valence-corrected chi connectivity index (χ1v) is 13.5. The molecule has 0 fully saturated rings. The van der Waals surface area contributed by atoms with E-state index in [1.807, 2.05) is 0 Å². The lowest BCUT2D eigenvalue weighted by Crippen LogP contribution is -2.34. The van der Waals surface area contributed by atoms with E-state index in [9.17, 15) is 28.8 Å². The molecule has 0 radical (unpaired) electrons. The number of aliphatic carboxylic acids is 2. The first-order chi connectivity index (χ1) is 21.3. The highest BCUT2D eigenvalue weighted by Crippen LogP contribution is 2.30. The third-order valence-corrected chi connectivity index (χ3v) is 6.01. The van der Waals surface area contributed by atoms with Gasteiger partial charge in [-0.15, -0.1) is 0 Å². The molecule has 45 heavy (non-hydrogen) atoms. The topological polar surface area (TPSA) is 232 Å². The number of carboxylic acids is 2. The van der Waals surface area contributed by atoms with Crippen molar-refractivity contribution in [1.29, 1.82) is 0 Å². The van der Waals surface area contributed by atoms with Gasteiger partial charge in [0.15, 0.2) is 34.6 Å². The summed E-state index contributed by atoms with van der Waals surface area (Å²) in [5, 5.41) is 17.5. The SMILES string of the molecule is COc1cc(/C=C/C(=O)CC(=O)/C=C/c2ccc(OC(=O)[C@@H](N)CCC(=O)O)c(OC)c2)ccc1OC(=O)[C@@H](N)CCC(=O)O. The van der Waals surface area contributed by atoms with E-state index < -0.39 is 53.9 Å². The number of benzene rings is 2. The average molecular weight is 627 g/mol. The third kappa shape index (κ3) is 12.4. The van der Waals surface area contributed by atoms with Gasteiger partial charge >= 0.3 is 23.9 Å². The van der Waals surface area contributed by atoms with Crippen LogP contribution in [0.5, 0.6) is 23.0 Å². The Balaban J connectivity index is 1.97. The van der Waals surface area contributed by atoms with Crippen LogP contribution in [-0.4, -0.2) is 72.0 Å². The quantitative estimate of drug-likeness (QED) is 0.0804. The highest BCUT2D eigenvalue weighted by molar-refractivity contribution is 6.10. The van der Waals surface area contributed by atoms with Gasteiger partial charge in [0.2, 0.25) is 0 Å². The normalized spacial score (nSPS) is 12.4. The Morgan fingerprint density at radius 2 is 1.04 bits per heavy atom. The van der Waals surface area contributed by atoms with E-state index >= 15 is 0 Å². The Labute approximate surface area is 258 Å². The van der Waals surface area contributed by atoms with Crippen LogP contribution in [0.1, 0.15) is 43.2 Å². The summed E-state index contributed by atoms with van der Waals surface area (Å²) in [6.07, 6.45) is 4.12. The fourth-order valence-electron chi connectivity index (χ4n) is 3.57. The molecule has 2 rings (SSSR count). The van der Waals surface area contributed by atoms with Crippen molar-refractivity contribution in [3.05, 3.63) is 59.7 Å². The van der Waals surface area contributed by atoms with E-state index in [2.05, 4.69) is 0 Å². The van der Waals surface area contributed by atoms with Gasteiger partial charge in [0.25, 0.3) is 0 Å². The molecule has 0 unspecified atom stereocenters. The van der Waals surface area contributed by atoms with E-state index in [1.54, 1.807) is 0 Å². The summed E-state index contributed by atoms with van der Waals surface area (Å²) in [4.78, 5) is 70.4. The second kappa shape index (κ2) is 17.7. The minimum Gasteiger partial charge on any atom is -0.493 e. The van der Waals surface area contributed by atoms with E-state index in [1.165, 1.54) is 74.9 Å². The summed E-state index contributed by atoms with van der Waals surface area (Å²) in [6, 6.07) is 6.64. The predicted molar refractivity (Wildman–Crippen MR) is 160 cm³/mol. The van der Waals surface area contributed by atoms with Crippen molar-refractivity contribution >= 4 is 47.6 Å². The average Bonchev–Trinajstić information content (AvgIpc) is 3.00. The number of ether oxygens (including phenoxy) is 4. The Morgan fingerprint density at radius 3 is 1.38 bits per heavy atom. The Bertz CT molecular complexity index is 1370. The highest BCUT2D eigenvalue weighted by atomic mass is 16.6. The third-order valence-electron chi connectivity index (χ3n) is 6.01. The van der Waals surface area contributed by atoms with Gasteiger partial charge in [0.1, 0.15) is 12.1 Å². The maximum absolute atomic E-state index is 12.4. The van der Waals surface area contributed by atoms with Crippen LogP contribution >= 0.6 is 0 Å². The summed E-state index contributed by atoms with van der Waals surface area (Å²) in [5.74, 6) is -4.36. The number of methoxy groups -OCH3 is 2. The van der Waals surface area contributed by atoms with Crippen molar-refractivity contribution < 1.29 is 57.9 Å². The minimum absolute atomic E-state index is 0.0548. The summed E-state index contributed by atoms with van der Waals surface area (Å²) >= 11 is 0. The van der Waals surface area contributed by atoms with Gasteiger partial charge in [0.05, 0.1) is 20.6 Å². The van der Waals surface area contributed by atoms with Gasteiger partial charge in [-0.2, -0.15) is 0 Å². The molecular weight excluding hydrogens is 592 g/mol. The number of carbonyl (C=O) groups excluding carboxylic acids is 4. The lowest BCUT2D eigenvalue weighted by molar-refractivity contribution is -0.140. The van der Waals surface area contributed by atoms with Gasteiger partial charge in [0, 0.05) is 12.8 Å². The predicted octanol–water partition coefficient (Wildman–Crippen LogP) is 2.15. The van der Waals surface area contributed by atoms with E-state index in [0.717, 1.165) is 0 Å². The monoisotopic (exact) mass is 626 g/mol. The largest absolute Gasteiger partial charge is 0.493 e. The minimum atomic E-state index is -1.14. The van der Waals surface area contributed by atoms with Crippen molar-refractivity contribution in [3.63, 3.8) is 0 Å². The smallest absolute Gasteiger partial charge is 0.328 e. The summed E-state index contributed by atoms with van der Waals surface area (Å²) in [5.41, 5.74) is 12.4. The molecule has 0 saturated carbocycles. The van der Waals surface area contributed by atoms with Gasteiger partial charge in [-0.3, -0.25) is 19.2 Å². The molecule has 0 amide bonds. The molecule has 0 aliphatic rings. The first-order valence-electron chi connectivity index (χ1n) is 13.5. The van der Waals surface area contributed by atoms with Gasteiger partial charge in [-0.05, 0) is 60.4 Å². The van der Waals surface area contributed by atoms with Gasteiger partial charge in [-0.1, -0.05) is 24.3 Å². The molecule has 0 bridgehead atoms. The van der Waals surface area contributed by atoms with Crippen LogP contribution < -0.4 is 30.4 Å². The first kappa shape index (κ1) is 35.9. The number of esters is 2. The lowest BCUT2D eigenvalue weighted by atomic mass is 10.1. The maximum atomic E-state index is 12.4. The van der Waals surface area contributed by atoms with Crippen LogP contribution in [0.3, 0.4) is 0 Å². The summed E-state index contributed by atoms with van der Waals surface area (Å²) < 4.78 is 20.9. The molecule has 0 spiro atoms. The lowest BCUT2D eigenvalue weighted by Gasteiger charge is -2.13. The van der Waals surface area contributed by atoms with Crippen molar-refractivity contribution in [2.45, 2.75) is 44.2 Å². The van der Waals surface area contributed by atoms with Crippen molar-refractivity contribution in [2.24, 2.45) is 11.5 Å². The zero-order chi connectivity index (χ0) is 33.5. The molecule has 2 aromatic rings. The number of hydrogen-bond donors (Lipinski definition) is 4. The molecule has 6 N–H and O–H groups in total. The molecule has 0 aliphatic carbocycles. The zero-order valence-electron chi connectivity index (χ0n) is 24.6. The number of allylic oxidation sites excluding steroid dienone is 2.